The smallest absolute Gasteiger partial charge is 0.244 e. The third kappa shape index (κ3) is 4.13. The maximum absolute atomic E-state index is 12.6. The molecule has 0 radical (unpaired) electrons. The lowest BCUT2D eigenvalue weighted by Crippen LogP contribution is -2.35. The van der Waals surface area contributed by atoms with E-state index < -0.39 is 10.0 Å². The first-order valence-electron chi connectivity index (χ1n) is 8.83. The van der Waals surface area contributed by atoms with Crippen molar-refractivity contribution in [1.82, 2.24) is 9.29 Å². The van der Waals surface area contributed by atoms with Crippen molar-refractivity contribution in [2.24, 2.45) is 11.0 Å². The van der Waals surface area contributed by atoms with Crippen molar-refractivity contribution in [3.63, 3.8) is 0 Å². The fraction of sp³-hybridized carbons (Fsp3) is 0.647. The summed E-state index contributed by atoms with van der Waals surface area (Å²) >= 11 is 0. The molecule has 7 heteroatoms. The van der Waals surface area contributed by atoms with Crippen LogP contribution in [0.4, 0.5) is 5.82 Å². The standard InChI is InChI=1S/C17H26N4O2S/c1-14-5-7-15(8-6-14)19-20-17-10-9-16(13-18-17)24(22,23)21-11-3-2-4-12-21/h9-10,13-14H,2-8,11-12H2,1H3,(H,18,20). The zero-order valence-corrected chi connectivity index (χ0v) is 15.1. The molecule has 2 fully saturated rings. The summed E-state index contributed by atoms with van der Waals surface area (Å²) in [6, 6.07) is 3.30. The highest BCUT2D eigenvalue weighted by atomic mass is 32.2. The quantitative estimate of drug-likeness (QED) is 0.846. The van der Waals surface area contributed by atoms with Crippen LogP contribution in [0.5, 0.6) is 0 Å². The first kappa shape index (κ1) is 17.4. The van der Waals surface area contributed by atoms with Gasteiger partial charge in [-0.25, -0.2) is 13.4 Å². The van der Waals surface area contributed by atoms with Crippen LogP contribution >= 0.6 is 0 Å². The number of nitrogens with one attached hydrogen (secondary N) is 1. The number of hydrazone groups is 1. The Morgan fingerprint density at radius 1 is 1.17 bits per heavy atom. The molecule has 0 aromatic carbocycles. The highest BCUT2D eigenvalue weighted by Gasteiger charge is 2.26. The van der Waals surface area contributed by atoms with Gasteiger partial charge in [-0.15, -0.1) is 0 Å². The summed E-state index contributed by atoms with van der Waals surface area (Å²) in [7, 11) is -3.41. The second-order valence-electron chi connectivity index (χ2n) is 6.82. The maximum atomic E-state index is 12.6. The first-order chi connectivity index (χ1) is 11.6. The van der Waals surface area contributed by atoms with Crippen molar-refractivity contribution < 1.29 is 8.42 Å². The average molecular weight is 350 g/mol. The lowest BCUT2D eigenvalue weighted by molar-refractivity contribution is 0.346. The SMILES string of the molecule is CC1CCC(=NNc2ccc(S(=O)(=O)N3CCCCC3)cn2)CC1. The average Bonchev–Trinajstić information content (AvgIpc) is 2.62. The number of hydrogen-bond acceptors (Lipinski definition) is 5. The van der Waals surface area contributed by atoms with Crippen molar-refractivity contribution in [1.29, 1.82) is 0 Å². The minimum Gasteiger partial charge on any atom is -0.261 e. The molecule has 132 valence electrons. The molecule has 1 saturated heterocycles. The van der Waals surface area contributed by atoms with Crippen LogP contribution in [0.15, 0.2) is 28.3 Å². The van der Waals surface area contributed by atoms with E-state index in [1.165, 1.54) is 24.8 Å². The van der Waals surface area contributed by atoms with Crippen LogP contribution in [0, 0.1) is 5.92 Å². The van der Waals surface area contributed by atoms with Crippen molar-refractivity contribution in [2.75, 3.05) is 18.5 Å². The molecule has 3 rings (SSSR count). The predicted molar refractivity (Wildman–Crippen MR) is 95.5 cm³/mol. The second-order valence-corrected chi connectivity index (χ2v) is 8.75. The number of piperidine rings is 1. The number of nitrogens with zero attached hydrogens (tertiary/aromatic N) is 3. The Bertz CT molecular complexity index is 669. The minimum absolute atomic E-state index is 0.258. The van der Waals surface area contributed by atoms with E-state index in [2.05, 4.69) is 22.4 Å². The third-order valence-corrected chi connectivity index (χ3v) is 6.75. The Hall–Kier alpha value is -1.47. The predicted octanol–water partition coefficient (Wildman–Crippen LogP) is 3.23. The summed E-state index contributed by atoms with van der Waals surface area (Å²) in [4.78, 5) is 4.47. The van der Waals surface area contributed by atoms with Gasteiger partial charge in [-0.2, -0.15) is 9.41 Å². The van der Waals surface area contributed by atoms with Crippen molar-refractivity contribution in [3.8, 4) is 0 Å². The number of sulfonamides is 1. The number of rotatable bonds is 4. The monoisotopic (exact) mass is 350 g/mol. The molecular weight excluding hydrogens is 324 g/mol. The summed E-state index contributed by atoms with van der Waals surface area (Å²) < 4.78 is 26.7. The van der Waals surface area contributed by atoms with Gasteiger partial charge in [0.05, 0.1) is 0 Å². The number of pyridine rings is 1. The lowest BCUT2D eigenvalue weighted by Gasteiger charge is -2.25. The Labute approximate surface area is 144 Å². The molecule has 24 heavy (non-hydrogen) atoms. The van der Waals surface area contributed by atoms with Crippen LogP contribution < -0.4 is 5.43 Å². The van der Waals surface area contributed by atoms with Crippen molar-refractivity contribution in [3.05, 3.63) is 18.3 Å². The topological polar surface area (TPSA) is 74.7 Å². The highest BCUT2D eigenvalue weighted by molar-refractivity contribution is 7.89. The molecule has 1 aliphatic carbocycles. The molecule has 1 saturated carbocycles. The lowest BCUT2D eigenvalue weighted by atomic mass is 9.90. The van der Waals surface area contributed by atoms with Crippen LogP contribution in [0.25, 0.3) is 0 Å². The van der Waals surface area contributed by atoms with Gasteiger partial charge < -0.3 is 0 Å². The molecule has 1 aromatic rings. The summed E-state index contributed by atoms with van der Waals surface area (Å²) in [5, 5.41) is 4.41. The molecular formula is C17H26N4O2S. The van der Waals surface area contributed by atoms with Gasteiger partial charge in [0.25, 0.3) is 0 Å². The Kier molecular flexibility index (Phi) is 5.50. The van der Waals surface area contributed by atoms with E-state index in [1.54, 1.807) is 16.4 Å². The van der Waals surface area contributed by atoms with Gasteiger partial charge in [0.2, 0.25) is 10.0 Å². The Balaban J connectivity index is 1.63. The fourth-order valence-electron chi connectivity index (χ4n) is 3.20. The number of hydrogen-bond donors (Lipinski definition) is 1. The van der Waals surface area contributed by atoms with E-state index in [-0.39, 0.29) is 4.90 Å². The van der Waals surface area contributed by atoms with E-state index >= 15 is 0 Å². The number of aromatic nitrogens is 1. The normalized spacial score (nSPS) is 23.0. The number of anilines is 1. The largest absolute Gasteiger partial charge is 0.261 e. The zero-order valence-electron chi connectivity index (χ0n) is 14.2. The summed E-state index contributed by atoms with van der Waals surface area (Å²) in [5.41, 5.74) is 4.12. The van der Waals surface area contributed by atoms with Gasteiger partial charge in [0, 0.05) is 25.0 Å². The van der Waals surface area contributed by atoms with Gasteiger partial charge in [-0.1, -0.05) is 13.3 Å². The maximum Gasteiger partial charge on any atom is 0.244 e. The van der Waals surface area contributed by atoms with Gasteiger partial charge in [-0.3, -0.25) is 5.43 Å². The van der Waals surface area contributed by atoms with Crippen LogP contribution in [-0.2, 0) is 10.0 Å². The minimum atomic E-state index is -3.41. The van der Waals surface area contributed by atoms with E-state index in [1.807, 2.05) is 0 Å². The molecule has 0 unspecified atom stereocenters. The van der Waals surface area contributed by atoms with Crippen LogP contribution in [-0.4, -0.2) is 36.5 Å². The van der Waals surface area contributed by atoms with Crippen LogP contribution in [0.3, 0.4) is 0 Å². The molecule has 1 N–H and O–H groups in total. The molecule has 2 aliphatic rings. The van der Waals surface area contributed by atoms with Crippen LogP contribution in [0.1, 0.15) is 51.9 Å². The molecule has 0 bridgehead atoms. The zero-order chi connectivity index (χ0) is 17.0. The molecule has 0 amide bonds. The molecule has 6 nitrogen and oxygen atoms in total. The molecule has 1 aliphatic heterocycles. The highest BCUT2D eigenvalue weighted by Crippen LogP contribution is 2.22. The summed E-state index contributed by atoms with van der Waals surface area (Å²) in [6.45, 7) is 3.48. The molecule has 0 spiro atoms. The van der Waals surface area contributed by atoms with Gasteiger partial charge in [-0.05, 0) is 56.6 Å². The van der Waals surface area contributed by atoms with Gasteiger partial charge >= 0.3 is 0 Å². The summed E-state index contributed by atoms with van der Waals surface area (Å²) in [6.07, 6.45) is 8.81. The first-order valence-corrected chi connectivity index (χ1v) is 10.3. The third-order valence-electron chi connectivity index (χ3n) is 4.87. The van der Waals surface area contributed by atoms with E-state index in [9.17, 15) is 8.42 Å². The second kappa shape index (κ2) is 7.61. The van der Waals surface area contributed by atoms with Gasteiger partial charge in [0.1, 0.15) is 10.7 Å². The molecule has 0 atom stereocenters. The van der Waals surface area contributed by atoms with Crippen molar-refractivity contribution in [2.45, 2.75) is 56.8 Å². The van der Waals surface area contributed by atoms with E-state index in [0.717, 1.165) is 38.0 Å². The molecule has 1 aromatic heterocycles. The van der Waals surface area contributed by atoms with E-state index in [0.29, 0.717) is 18.9 Å². The van der Waals surface area contributed by atoms with E-state index in [4.69, 9.17) is 0 Å². The Morgan fingerprint density at radius 3 is 2.50 bits per heavy atom. The van der Waals surface area contributed by atoms with Gasteiger partial charge in [0.15, 0.2) is 0 Å². The van der Waals surface area contributed by atoms with Crippen molar-refractivity contribution >= 4 is 21.6 Å². The Morgan fingerprint density at radius 2 is 1.88 bits per heavy atom. The summed E-state index contributed by atoms with van der Waals surface area (Å²) in [5.74, 6) is 1.36. The van der Waals surface area contributed by atoms with Crippen LogP contribution in [0.2, 0.25) is 0 Å². The fourth-order valence-corrected chi connectivity index (χ4v) is 4.66. The molecule has 2 heterocycles.